The van der Waals surface area contributed by atoms with Gasteiger partial charge in [0.05, 0.1) is 51.1 Å². The van der Waals surface area contributed by atoms with Crippen molar-refractivity contribution in [1.82, 2.24) is 72.5 Å². The zero-order valence-corrected chi connectivity index (χ0v) is 78.1. The van der Waals surface area contributed by atoms with Crippen molar-refractivity contribution < 1.29 is 118 Å². The molecule has 0 saturated carbocycles. The first-order valence-corrected chi connectivity index (χ1v) is 41.9. The van der Waals surface area contributed by atoms with Crippen molar-refractivity contribution in [1.29, 1.82) is 0 Å². The monoisotopic (exact) mass is 1840 g/mol. The van der Waals surface area contributed by atoms with Crippen LogP contribution in [0.4, 0.5) is 35.3 Å². The number of para-hydroxylation sites is 2. The molecule has 0 aromatic heterocycles. The molecule has 6 aliphatic heterocycles. The molecular formula is C78H108N24O25S2. The van der Waals surface area contributed by atoms with E-state index in [1.807, 2.05) is 29.7 Å². The summed E-state index contributed by atoms with van der Waals surface area (Å²) in [5, 5.41) is 39.3. The molecule has 0 aliphatic carbocycles. The number of ether oxygens (including phenoxy) is 1. The highest BCUT2D eigenvalue weighted by molar-refractivity contribution is 7.91. The van der Waals surface area contributed by atoms with Crippen molar-refractivity contribution in [2.45, 2.75) is 120 Å². The van der Waals surface area contributed by atoms with Gasteiger partial charge in [-0.1, -0.05) is 71.0 Å². The largest absolute Gasteiger partial charge is 0.451 e. The second-order valence-electron chi connectivity index (χ2n) is 29.7. The minimum Gasteiger partial charge on any atom is -0.451 e. The van der Waals surface area contributed by atoms with Crippen LogP contribution in [0.2, 0.25) is 0 Å². The number of rotatable bonds is 22. The summed E-state index contributed by atoms with van der Waals surface area (Å²) in [6, 6.07) is 27.8. The van der Waals surface area contributed by atoms with Gasteiger partial charge in [0.15, 0.2) is 19.7 Å². The predicted molar refractivity (Wildman–Crippen MR) is 468 cm³/mol. The van der Waals surface area contributed by atoms with Crippen LogP contribution in [0.1, 0.15) is 87.3 Å². The summed E-state index contributed by atoms with van der Waals surface area (Å²) >= 11 is 0. The average molecular weight is 1850 g/mol. The van der Waals surface area contributed by atoms with E-state index in [-0.39, 0.29) is 44.5 Å². The number of carbonyl (C=O) groups is 12. The van der Waals surface area contributed by atoms with Gasteiger partial charge >= 0.3 is 30.2 Å². The third-order valence-corrected chi connectivity index (χ3v) is 21.4. The first-order valence-electron chi connectivity index (χ1n) is 38.1. The lowest BCUT2D eigenvalue weighted by Gasteiger charge is -2.27. The molecule has 10 rings (SSSR count). The summed E-state index contributed by atoms with van der Waals surface area (Å²) in [7, 11) is 15.6. The van der Waals surface area contributed by atoms with E-state index in [1.165, 1.54) is 146 Å². The van der Waals surface area contributed by atoms with Crippen LogP contribution in [0.5, 0.6) is 0 Å². The van der Waals surface area contributed by atoms with Crippen LogP contribution in [-0.2, 0) is 96.7 Å². The molecule has 0 fully saturated rings. The summed E-state index contributed by atoms with van der Waals surface area (Å²) in [5.41, 5.74) is 9.01. The molecule has 6 unspecified atom stereocenters. The number of benzene rings is 4. The van der Waals surface area contributed by atoms with Crippen LogP contribution in [0.3, 0.4) is 0 Å². The van der Waals surface area contributed by atoms with Gasteiger partial charge in [-0.3, -0.25) is 38.4 Å². The smallest absolute Gasteiger partial charge is 0.431 e. The number of hydroxylamine groups is 6. The van der Waals surface area contributed by atoms with Crippen LogP contribution >= 0.6 is 0 Å². The molecule has 16 amide bonds. The number of oxime groups is 2. The zero-order chi connectivity index (χ0) is 97.8. The topological polar surface area (TPSA) is 560 Å². The highest BCUT2D eigenvalue weighted by Crippen LogP contribution is 2.34. The number of amides is 16. The van der Waals surface area contributed by atoms with E-state index in [4.69, 9.17) is 33.9 Å². The quantitative estimate of drug-likeness (QED) is 0.0486. The number of hydrazone groups is 6. The molecule has 702 valence electrons. The van der Waals surface area contributed by atoms with Crippen molar-refractivity contribution >= 4 is 148 Å². The maximum atomic E-state index is 13.1. The molecule has 6 heterocycles. The van der Waals surface area contributed by atoms with Gasteiger partial charge in [0.1, 0.15) is 37.1 Å². The number of sulfone groups is 2. The van der Waals surface area contributed by atoms with Gasteiger partial charge in [-0.15, -0.1) is 0 Å². The molecule has 49 nitrogen and oxygen atoms in total. The molecule has 0 bridgehead atoms. The fraction of sp³-hybridized carbons (Fsp3) is 0.436. The molecule has 0 spiro atoms. The Morgan fingerprint density at radius 2 is 0.651 bits per heavy atom. The third-order valence-electron chi connectivity index (χ3n) is 19.1. The van der Waals surface area contributed by atoms with Gasteiger partial charge in [0.25, 0.3) is 46.6 Å². The number of hydrogen-bond acceptors (Lipinski definition) is 33. The van der Waals surface area contributed by atoms with E-state index in [0.717, 1.165) is 34.6 Å². The molecule has 6 aliphatic rings. The molecule has 0 saturated heterocycles. The second kappa shape index (κ2) is 43.6. The third kappa shape index (κ3) is 24.5. The van der Waals surface area contributed by atoms with Crippen LogP contribution < -0.4 is 42.9 Å². The minimum atomic E-state index is -3.34. The van der Waals surface area contributed by atoms with Crippen molar-refractivity contribution in [2.24, 2.45) is 40.9 Å². The van der Waals surface area contributed by atoms with Gasteiger partial charge < -0.3 is 34.0 Å². The number of anilines is 2. The normalized spacial score (nSPS) is 21.6. The number of urea groups is 4. The SMILES string of the molecule is CC(=O)NOC1(C)C(=O)N(C)N=C1c1ccc(S(C)(=O)=O)cc1.CC1=NN(C)C(=O)C1(C)ONC(=O)N(C)C.CC1=NN(c2ccccc2)C(=O)C1(C)ONC(=O)N(C)C.CO/N=C(\C)C1(ONC(=O)N(C)C)C(=O)N(C)N=C1C.CO/N=C(\C)C1(ONC(=O)N(C)C)C(=O)N(c2ccccc2)N=C1C.COC(=O)NOC1(C)C(=O)N(C)N=C1c1ccc(S(C)(=O)=O)cc1. The molecule has 4 aromatic rings. The van der Waals surface area contributed by atoms with Gasteiger partial charge in [-0.05, 0) is 118 Å². The van der Waals surface area contributed by atoms with Crippen molar-refractivity contribution in [3.8, 4) is 0 Å². The Morgan fingerprint density at radius 1 is 0.364 bits per heavy atom. The Bertz CT molecular complexity index is 5390. The fourth-order valence-corrected chi connectivity index (χ4v) is 12.6. The van der Waals surface area contributed by atoms with Crippen molar-refractivity contribution in [2.75, 3.05) is 128 Å². The van der Waals surface area contributed by atoms with Crippen LogP contribution in [0, 0.1) is 0 Å². The molecule has 4 aromatic carbocycles. The first-order chi connectivity index (χ1) is 59.9. The molecular weight excluding hydrogens is 1740 g/mol. The maximum absolute atomic E-state index is 13.1. The van der Waals surface area contributed by atoms with E-state index < -0.39 is 113 Å². The van der Waals surface area contributed by atoms with Crippen LogP contribution in [-0.4, -0.2) is 326 Å². The number of hydrogen-bond donors (Lipinski definition) is 6. The predicted octanol–water partition coefficient (Wildman–Crippen LogP) is 2.74. The van der Waals surface area contributed by atoms with Crippen molar-refractivity contribution in [3.63, 3.8) is 0 Å². The molecule has 6 N–H and O–H groups in total. The summed E-state index contributed by atoms with van der Waals surface area (Å²) in [6.07, 6.45) is 1.33. The second-order valence-corrected chi connectivity index (χ2v) is 33.8. The standard InChI is InChI=1S/C16H21N5O4.C14H18N4O3.C14H17N3O6S.C14H17N3O5S.C11H19N5O4.C9H16N4O3/c1-11-16(12(2)18-24-5,25-19-15(23)20(3)4)14(22)21(17-11)13-9-7-6-8-10-13;1-10-14(2,21-16-13(20)17(3)4)12(19)18(15-10)11-8-6-5-7-9-11;1-14(23-16-13(19)22-3)11(15-17(2)12(14)18)9-5-7-10(8-6-9)24(4,20)21;1-9(18)16-22-14(2)12(15-17(3)13(14)19)10-5-7-11(8-6-10)23(4,20)21;1-7-11(8(2)13-19-6,9(17)16(5)12-7)20-14-10(18)15(3)4;1-6-9(2,7(14)13(5)10-6)16-11-8(15)12(3)4/h6-10H,1-5H3,(H,19,23);5-9H,1-4H3,(H,16,20);5-8H,1-4H3,(H,16,19);5-8H,1-4H3,(H,16,18);1-6H3,(H,14,18);1-5H3,(H,11,15)/b18-12+;;;;13-8+;. The van der Waals surface area contributed by atoms with E-state index in [0.29, 0.717) is 45.3 Å². The lowest BCUT2D eigenvalue weighted by atomic mass is 9.93. The Labute approximate surface area is 744 Å². The number of carbonyl (C=O) groups excluding carboxylic acids is 12. The summed E-state index contributed by atoms with van der Waals surface area (Å²) in [5.74, 6) is -3.05. The zero-order valence-electron chi connectivity index (χ0n) is 76.5. The minimum absolute atomic E-state index is 0.139. The Morgan fingerprint density at radius 3 is 0.969 bits per heavy atom. The summed E-state index contributed by atoms with van der Waals surface area (Å²) in [6.45, 7) is 17.0. The van der Waals surface area contributed by atoms with Gasteiger partial charge in [0, 0.05) is 115 Å². The fourth-order valence-electron chi connectivity index (χ4n) is 11.3. The van der Waals surface area contributed by atoms with E-state index in [2.05, 4.69) is 77.9 Å². The van der Waals surface area contributed by atoms with E-state index in [9.17, 15) is 74.4 Å². The number of nitrogens with one attached hydrogen (secondary N) is 6. The Balaban J connectivity index is 0.000000276. The maximum Gasteiger partial charge on any atom is 0.431 e. The van der Waals surface area contributed by atoms with E-state index in [1.54, 1.807) is 148 Å². The highest BCUT2D eigenvalue weighted by atomic mass is 32.2. The van der Waals surface area contributed by atoms with Gasteiger partial charge in [-0.25, -0.2) is 112 Å². The van der Waals surface area contributed by atoms with Gasteiger partial charge in [-0.2, -0.15) is 46.1 Å². The Kier molecular flexibility index (Phi) is 35.7. The molecule has 0 radical (unpaired) electrons. The average Bonchev–Trinajstić information content (AvgIpc) is 1.60. The Hall–Kier alpha value is -13.9. The van der Waals surface area contributed by atoms with Crippen molar-refractivity contribution in [3.05, 3.63) is 120 Å². The van der Waals surface area contributed by atoms with Crippen LogP contribution in [0.15, 0.2) is 160 Å². The molecule has 51 heteroatoms. The first kappa shape index (κ1) is 106. The number of methoxy groups -OCH3 is 1. The highest BCUT2D eigenvalue weighted by Gasteiger charge is 2.58. The lowest BCUT2D eigenvalue weighted by Crippen LogP contribution is -2.57. The summed E-state index contributed by atoms with van der Waals surface area (Å²) < 4.78 is 50.5. The van der Waals surface area contributed by atoms with E-state index >= 15 is 0 Å². The van der Waals surface area contributed by atoms with Gasteiger partial charge in [0.2, 0.25) is 28.3 Å². The number of likely N-dealkylation sites (N-methyl/N-ethyl adjacent to an activating group) is 4. The molecule has 6 atom stereocenters. The molecule has 129 heavy (non-hydrogen) atoms. The van der Waals surface area contributed by atoms with Crippen LogP contribution in [0.25, 0.3) is 0 Å². The lowest BCUT2D eigenvalue weighted by molar-refractivity contribution is -0.156. The number of nitrogens with zero attached hydrogens (tertiary/aromatic N) is 18. The summed E-state index contributed by atoms with van der Waals surface area (Å²) in [4.78, 5) is 190.